The Morgan fingerprint density at radius 1 is 1.00 bits per heavy atom. The van der Waals surface area contributed by atoms with E-state index in [1.165, 1.54) is 0 Å². The number of aromatic hydroxyl groups is 1. The van der Waals surface area contributed by atoms with E-state index in [1.807, 2.05) is 36.4 Å². The van der Waals surface area contributed by atoms with Crippen molar-refractivity contribution in [3.63, 3.8) is 0 Å². The number of fused-ring (bicyclic) bond motifs is 1. The van der Waals surface area contributed by atoms with E-state index in [2.05, 4.69) is 10.2 Å². The number of H-pyrrole nitrogens is 1. The number of aryl methyl sites for hydroxylation is 2. The third-order valence-electron chi connectivity index (χ3n) is 4.87. The lowest BCUT2D eigenvalue weighted by Crippen LogP contribution is -2.13. The lowest BCUT2D eigenvalue weighted by Gasteiger charge is -2.10. The molecule has 4 aromatic rings. The molecule has 0 aliphatic rings. The van der Waals surface area contributed by atoms with Gasteiger partial charge in [0, 0.05) is 10.9 Å². The van der Waals surface area contributed by atoms with Gasteiger partial charge in [0.25, 0.3) is 0 Å². The molecule has 6 N–H and O–H groups in total. The number of rotatable bonds is 5. The Morgan fingerprint density at radius 3 is 2.64 bits per heavy atom. The number of amides is 1. The highest BCUT2D eigenvalue weighted by Crippen LogP contribution is 2.29. The summed E-state index contributed by atoms with van der Waals surface area (Å²) >= 11 is 0. The van der Waals surface area contributed by atoms with Crippen molar-refractivity contribution in [2.75, 3.05) is 5.73 Å². The first-order valence-corrected chi connectivity index (χ1v) is 8.96. The number of carbonyl (C=O) groups is 1. The van der Waals surface area contributed by atoms with Gasteiger partial charge in [-0.1, -0.05) is 30.3 Å². The second-order valence-corrected chi connectivity index (χ2v) is 6.78. The maximum atomic E-state index is 11.6. The number of benzene rings is 3. The van der Waals surface area contributed by atoms with Crippen molar-refractivity contribution in [2.24, 2.45) is 5.73 Å². The highest BCUT2D eigenvalue weighted by Gasteiger charge is 2.10. The normalized spacial score (nSPS) is 11.0. The molecule has 0 spiro atoms. The number of nitrogens with two attached hydrogens (primary N) is 2. The SMILES string of the molecule is NC(=O)c1ccccc1CCc1cc(O)cc(-c2ccc3c(N)n[nH]c3c2)c1. The lowest BCUT2D eigenvalue weighted by atomic mass is 9.96. The number of carbonyl (C=O) groups excluding carboxylic acids is 1. The topological polar surface area (TPSA) is 118 Å². The van der Waals surface area contributed by atoms with Crippen LogP contribution in [0.15, 0.2) is 60.7 Å². The van der Waals surface area contributed by atoms with Crippen LogP contribution in [0.3, 0.4) is 0 Å². The van der Waals surface area contributed by atoms with Crippen molar-refractivity contribution in [1.29, 1.82) is 0 Å². The van der Waals surface area contributed by atoms with Crippen molar-refractivity contribution in [2.45, 2.75) is 12.8 Å². The van der Waals surface area contributed by atoms with E-state index >= 15 is 0 Å². The maximum absolute atomic E-state index is 11.6. The fourth-order valence-electron chi connectivity index (χ4n) is 3.46. The summed E-state index contributed by atoms with van der Waals surface area (Å²) in [6, 6.07) is 18.6. The molecule has 0 saturated heterocycles. The smallest absolute Gasteiger partial charge is 0.248 e. The zero-order chi connectivity index (χ0) is 19.7. The number of hydrogen-bond acceptors (Lipinski definition) is 4. The van der Waals surface area contributed by atoms with Crippen molar-refractivity contribution in [1.82, 2.24) is 10.2 Å². The van der Waals surface area contributed by atoms with Gasteiger partial charge >= 0.3 is 0 Å². The summed E-state index contributed by atoms with van der Waals surface area (Å²) in [4.78, 5) is 11.6. The van der Waals surface area contributed by atoms with E-state index in [0.29, 0.717) is 24.2 Å². The third-order valence-corrected chi connectivity index (χ3v) is 4.87. The Kier molecular flexibility index (Phi) is 4.45. The second kappa shape index (κ2) is 7.08. The summed E-state index contributed by atoms with van der Waals surface area (Å²) in [6.45, 7) is 0. The quantitative estimate of drug-likeness (QED) is 0.429. The van der Waals surface area contributed by atoms with Crippen LogP contribution in [0.2, 0.25) is 0 Å². The predicted molar refractivity (Wildman–Crippen MR) is 110 cm³/mol. The number of nitrogen functional groups attached to an aromatic ring is 1. The number of nitrogens with zero attached hydrogens (tertiary/aromatic N) is 1. The molecule has 0 unspecified atom stereocenters. The number of phenolic OH excluding ortho intramolecular Hbond substituents is 1. The molecule has 0 bridgehead atoms. The van der Waals surface area contributed by atoms with Gasteiger partial charge in [-0.15, -0.1) is 0 Å². The molecule has 140 valence electrons. The van der Waals surface area contributed by atoms with E-state index in [4.69, 9.17) is 11.5 Å². The number of nitrogens with one attached hydrogen (secondary N) is 1. The van der Waals surface area contributed by atoms with E-state index in [0.717, 1.165) is 33.2 Å². The molecule has 28 heavy (non-hydrogen) atoms. The van der Waals surface area contributed by atoms with Crippen LogP contribution in [-0.2, 0) is 12.8 Å². The maximum Gasteiger partial charge on any atom is 0.248 e. The Hall–Kier alpha value is -3.80. The Balaban J connectivity index is 1.63. The average Bonchev–Trinajstić information content (AvgIpc) is 3.06. The minimum Gasteiger partial charge on any atom is -0.508 e. The average molecular weight is 372 g/mol. The monoisotopic (exact) mass is 372 g/mol. The number of phenols is 1. The molecule has 1 amide bonds. The zero-order valence-corrected chi connectivity index (χ0v) is 15.1. The molecule has 0 radical (unpaired) electrons. The Labute approximate surface area is 161 Å². The van der Waals surface area contributed by atoms with Gasteiger partial charge in [-0.25, -0.2) is 0 Å². The van der Waals surface area contributed by atoms with E-state index in [1.54, 1.807) is 24.3 Å². The number of aromatic amines is 1. The van der Waals surface area contributed by atoms with Crippen LogP contribution in [0, 0.1) is 0 Å². The van der Waals surface area contributed by atoms with Gasteiger partial charge in [-0.05, 0) is 65.4 Å². The molecule has 0 atom stereocenters. The van der Waals surface area contributed by atoms with Gasteiger partial charge in [0.15, 0.2) is 5.82 Å². The van der Waals surface area contributed by atoms with Crippen LogP contribution in [-0.4, -0.2) is 21.2 Å². The highest BCUT2D eigenvalue weighted by molar-refractivity contribution is 5.94. The Morgan fingerprint density at radius 2 is 1.82 bits per heavy atom. The predicted octanol–water partition coefficient (Wildman–Crippen LogP) is 3.40. The molecule has 1 aromatic heterocycles. The molecule has 3 aromatic carbocycles. The van der Waals surface area contributed by atoms with Gasteiger partial charge in [0.2, 0.25) is 5.91 Å². The third kappa shape index (κ3) is 3.40. The summed E-state index contributed by atoms with van der Waals surface area (Å²) in [7, 11) is 0. The zero-order valence-electron chi connectivity index (χ0n) is 15.1. The number of anilines is 1. The van der Waals surface area contributed by atoms with Gasteiger partial charge < -0.3 is 16.6 Å². The standard InChI is InChI=1S/C22H20N4O2/c23-21-19-8-7-15(12-20(19)25-26-21)16-9-13(10-17(27)11-16)5-6-14-3-1-2-4-18(14)22(24)28/h1-4,7-12,27H,5-6H2,(H2,24,28)(H3,23,25,26). The van der Waals surface area contributed by atoms with Crippen LogP contribution < -0.4 is 11.5 Å². The molecule has 0 aliphatic carbocycles. The number of hydrogen-bond donors (Lipinski definition) is 4. The van der Waals surface area contributed by atoms with Gasteiger partial charge in [0.1, 0.15) is 5.75 Å². The van der Waals surface area contributed by atoms with Gasteiger partial charge in [-0.3, -0.25) is 9.89 Å². The molecule has 6 heteroatoms. The fourth-order valence-corrected chi connectivity index (χ4v) is 3.46. The first-order chi connectivity index (χ1) is 13.5. The molecular weight excluding hydrogens is 352 g/mol. The van der Waals surface area contributed by atoms with Crippen LogP contribution in [0.5, 0.6) is 5.75 Å². The van der Waals surface area contributed by atoms with Crippen LogP contribution in [0.25, 0.3) is 22.0 Å². The summed E-state index contributed by atoms with van der Waals surface area (Å²) in [5, 5.41) is 18.0. The molecule has 4 rings (SSSR count). The van der Waals surface area contributed by atoms with Gasteiger partial charge in [-0.2, -0.15) is 5.10 Å². The van der Waals surface area contributed by atoms with Crippen LogP contribution in [0.4, 0.5) is 5.82 Å². The fraction of sp³-hybridized carbons (Fsp3) is 0.0909. The molecular formula is C22H20N4O2. The molecule has 6 nitrogen and oxygen atoms in total. The first-order valence-electron chi connectivity index (χ1n) is 8.96. The van der Waals surface area contributed by atoms with E-state index < -0.39 is 5.91 Å². The summed E-state index contributed by atoms with van der Waals surface area (Å²) in [6.07, 6.45) is 1.32. The summed E-state index contributed by atoms with van der Waals surface area (Å²) in [5.74, 6) is 0.227. The molecule has 0 aliphatic heterocycles. The summed E-state index contributed by atoms with van der Waals surface area (Å²) < 4.78 is 0. The highest BCUT2D eigenvalue weighted by atomic mass is 16.3. The number of primary amides is 1. The van der Waals surface area contributed by atoms with Crippen molar-refractivity contribution >= 4 is 22.6 Å². The largest absolute Gasteiger partial charge is 0.508 e. The van der Waals surface area contributed by atoms with Gasteiger partial charge in [0.05, 0.1) is 5.52 Å². The van der Waals surface area contributed by atoms with E-state index in [9.17, 15) is 9.90 Å². The van der Waals surface area contributed by atoms with Crippen molar-refractivity contribution < 1.29 is 9.90 Å². The van der Waals surface area contributed by atoms with Crippen LogP contribution in [0.1, 0.15) is 21.5 Å². The van der Waals surface area contributed by atoms with Crippen LogP contribution >= 0.6 is 0 Å². The lowest BCUT2D eigenvalue weighted by molar-refractivity contribution is 0.0999. The summed E-state index contributed by atoms with van der Waals surface area (Å²) in [5.41, 5.74) is 16.4. The minimum atomic E-state index is -0.431. The van der Waals surface area contributed by atoms with Crippen molar-refractivity contribution in [3.05, 3.63) is 77.4 Å². The van der Waals surface area contributed by atoms with E-state index in [-0.39, 0.29) is 5.75 Å². The second-order valence-electron chi connectivity index (χ2n) is 6.78. The minimum absolute atomic E-state index is 0.194. The van der Waals surface area contributed by atoms with Crippen molar-refractivity contribution in [3.8, 4) is 16.9 Å². The number of aromatic nitrogens is 2. The molecule has 1 heterocycles. The first kappa shape index (κ1) is 17.6. The Bertz CT molecular complexity index is 1180. The molecule has 0 fully saturated rings. The molecule has 0 saturated carbocycles.